The number of hydrogen-bond donors (Lipinski definition) is 2. The van der Waals surface area contributed by atoms with Gasteiger partial charge in [-0.1, -0.05) is 36.4 Å². The van der Waals surface area contributed by atoms with Crippen LogP contribution in [0.2, 0.25) is 0 Å². The summed E-state index contributed by atoms with van der Waals surface area (Å²) in [6.07, 6.45) is 4.62. The van der Waals surface area contributed by atoms with Crippen LogP contribution in [0.1, 0.15) is 20.7 Å². The van der Waals surface area contributed by atoms with Crippen LogP contribution >= 0.6 is 11.6 Å². The van der Waals surface area contributed by atoms with Gasteiger partial charge in [-0.25, -0.2) is 0 Å². The normalized spacial score (nSPS) is 24.4. The molecular formula is C17H16ClNO3. The molecule has 0 saturated carbocycles. The highest BCUT2D eigenvalue weighted by molar-refractivity contribution is 6.18. The van der Waals surface area contributed by atoms with Crippen molar-refractivity contribution in [1.29, 1.82) is 0 Å². The third-order valence-electron chi connectivity index (χ3n) is 4.05. The molecule has 22 heavy (non-hydrogen) atoms. The number of aliphatic hydroxyl groups is 1. The second-order valence-corrected chi connectivity index (χ2v) is 5.78. The predicted molar refractivity (Wildman–Crippen MR) is 84.0 cm³/mol. The molecule has 0 aromatic heterocycles. The van der Waals surface area contributed by atoms with Crippen molar-refractivity contribution in [3.63, 3.8) is 0 Å². The Morgan fingerprint density at radius 2 is 1.86 bits per heavy atom. The average Bonchev–Trinajstić information content (AvgIpc) is 2.57. The molecule has 0 amide bonds. The second-order valence-electron chi connectivity index (χ2n) is 5.47. The van der Waals surface area contributed by atoms with E-state index in [1.54, 1.807) is 42.5 Å². The molecule has 3 rings (SSSR count). The minimum Gasteiger partial charge on any atom is -0.390 e. The first kappa shape index (κ1) is 15.0. The highest BCUT2D eigenvalue weighted by Gasteiger charge is 2.42. The van der Waals surface area contributed by atoms with Gasteiger partial charge >= 0.3 is 0 Å². The monoisotopic (exact) mass is 317 g/mol. The maximum Gasteiger partial charge on any atom is 0.173 e. The topological polar surface area (TPSA) is 66.4 Å². The summed E-state index contributed by atoms with van der Waals surface area (Å²) in [5.41, 5.74) is 1.61. The fraction of sp³-hybridized carbons (Fsp3) is 0.294. The maximum absolute atomic E-state index is 12.8. The van der Waals surface area contributed by atoms with Crippen LogP contribution in [0.3, 0.4) is 0 Å². The molecule has 0 saturated heterocycles. The number of rotatable bonds is 4. The van der Waals surface area contributed by atoms with Gasteiger partial charge in [-0.2, -0.15) is 0 Å². The number of nitrogens with one attached hydrogen (secondary N) is 1. The molecule has 4 nitrogen and oxygen atoms in total. The maximum atomic E-state index is 12.8. The zero-order valence-corrected chi connectivity index (χ0v) is 12.6. The van der Waals surface area contributed by atoms with Crippen LogP contribution in [0.5, 0.6) is 0 Å². The van der Waals surface area contributed by atoms with Gasteiger partial charge in [0.15, 0.2) is 11.6 Å². The van der Waals surface area contributed by atoms with Crippen LogP contribution < -0.4 is 5.32 Å². The Labute approximate surface area is 133 Å². The number of carbonyl (C=O) groups is 2. The second kappa shape index (κ2) is 6.07. The van der Waals surface area contributed by atoms with Gasteiger partial charge in [-0.05, 0) is 6.08 Å². The van der Waals surface area contributed by atoms with E-state index in [1.807, 2.05) is 0 Å². The van der Waals surface area contributed by atoms with Gasteiger partial charge in [0.2, 0.25) is 0 Å². The number of allylic oxidation sites excluding steroid dienone is 4. The highest BCUT2D eigenvalue weighted by atomic mass is 35.5. The lowest BCUT2D eigenvalue weighted by Gasteiger charge is -2.33. The summed E-state index contributed by atoms with van der Waals surface area (Å²) in [4.78, 5) is 25.4. The number of benzene rings is 1. The van der Waals surface area contributed by atoms with Crippen LogP contribution in [0.25, 0.3) is 0 Å². The lowest BCUT2D eigenvalue weighted by atomic mass is 9.71. The smallest absolute Gasteiger partial charge is 0.173 e. The van der Waals surface area contributed by atoms with E-state index < -0.39 is 17.9 Å². The Balaban J connectivity index is 1.92. The van der Waals surface area contributed by atoms with Gasteiger partial charge in [0.25, 0.3) is 0 Å². The van der Waals surface area contributed by atoms with Crippen molar-refractivity contribution in [3.05, 3.63) is 59.3 Å². The Kier molecular flexibility index (Phi) is 4.14. The van der Waals surface area contributed by atoms with Crippen LogP contribution in [0.15, 0.2) is 48.2 Å². The van der Waals surface area contributed by atoms with Gasteiger partial charge in [0.05, 0.1) is 23.8 Å². The van der Waals surface area contributed by atoms with E-state index in [-0.39, 0.29) is 24.0 Å². The third kappa shape index (κ3) is 2.49. The summed E-state index contributed by atoms with van der Waals surface area (Å²) in [6, 6.07) is 6.91. The van der Waals surface area contributed by atoms with E-state index in [2.05, 4.69) is 5.32 Å². The molecule has 0 fully saturated rings. The van der Waals surface area contributed by atoms with Crippen LogP contribution in [0, 0.1) is 11.8 Å². The lowest BCUT2D eigenvalue weighted by molar-refractivity contribution is 0.0787. The van der Waals surface area contributed by atoms with E-state index in [9.17, 15) is 14.7 Å². The molecule has 2 aliphatic rings. The Morgan fingerprint density at radius 1 is 1.18 bits per heavy atom. The van der Waals surface area contributed by atoms with Crippen molar-refractivity contribution < 1.29 is 14.7 Å². The molecule has 0 spiro atoms. The molecule has 1 aromatic rings. The zero-order valence-electron chi connectivity index (χ0n) is 11.8. The van der Waals surface area contributed by atoms with Gasteiger partial charge in [0.1, 0.15) is 0 Å². The van der Waals surface area contributed by atoms with Crippen LogP contribution in [-0.4, -0.2) is 35.2 Å². The number of carbonyl (C=O) groups excluding carboxylic acids is 2. The van der Waals surface area contributed by atoms with Crippen molar-refractivity contribution in [2.24, 2.45) is 11.8 Å². The van der Waals surface area contributed by atoms with Gasteiger partial charge < -0.3 is 10.4 Å². The molecule has 0 unspecified atom stereocenters. The van der Waals surface area contributed by atoms with Crippen LogP contribution in [-0.2, 0) is 0 Å². The summed E-state index contributed by atoms with van der Waals surface area (Å²) in [7, 11) is 0. The van der Waals surface area contributed by atoms with E-state index in [1.165, 1.54) is 0 Å². The first-order valence-corrected chi connectivity index (χ1v) is 7.70. The number of halogens is 1. The van der Waals surface area contributed by atoms with Crippen molar-refractivity contribution in [2.75, 3.05) is 12.4 Å². The molecular weight excluding hydrogens is 302 g/mol. The molecule has 0 heterocycles. The lowest BCUT2D eigenvalue weighted by Crippen LogP contribution is -2.42. The number of hydrogen-bond acceptors (Lipinski definition) is 4. The predicted octanol–water partition coefficient (Wildman–Crippen LogP) is 1.94. The first-order valence-electron chi connectivity index (χ1n) is 7.17. The Morgan fingerprint density at radius 3 is 2.55 bits per heavy atom. The quantitative estimate of drug-likeness (QED) is 0.833. The fourth-order valence-electron chi connectivity index (χ4n) is 2.95. The highest BCUT2D eigenvalue weighted by Crippen LogP contribution is 2.36. The molecule has 0 aliphatic heterocycles. The summed E-state index contributed by atoms with van der Waals surface area (Å²) in [5, 5.41) is 12.6. The minimum absolute atomic E-state index is 0.0401. The zero-order chi connectivity index (χ0) is 15.7. The molecule has 1 aromatic carbocycles. The molecule has 5 heteroatoms. The Bertz CT molecular complexity index is 680. The fourth-order valence-corrected chi connectivity index (χ4v) is 3.06. The SMILES string of the molecule is O=C1c2ccccc2C(=O)[C@@H]2C=CC=C(NC[C@H](O)CCl)[C@H]12. The third-order valence-corrected chi connectivity index (χ3v) is 4.41. The Hall–Kier alpha value is -1.91. The standard InChI is InChI=1S/C17H16ClNO3/c18-8-10(20)9-19-14-7-3-6-13-15(14)17(22)12-5-2-1-4-11(12)16(13)21/h1-7,10,13,15,19-20H,8-9H2/t10-,13-,15-/m1/s1. The molecule has 114 valence electrons. The molecule has 0 radical (unpaired) electrons. The molecule has 2 aliphatic carbocycles. The van der Waals surface area contributed by atoms with Crippen LogP contribution in [0.4, 0.5) is 0 Å². The number of Topliss-reactive ketones (excluding diaryl/α,β-unsaturated/α-hetero) is 2. The average molecular weight is 318 g/mol. The largest absolute Gasteiger partial charge is 0.390 e. The van der Waals surface area contributed by atoms with E-state index in [0.717, 1.165) is 0 Å². The molecule has 0 bridgehead atoms. The number of ketones is 2. The van der Waals surface area contributed by atoms with Crippen molar-refractivity contribution in [3.8, 4) is 0 Å². The van der Waals surface area contributed by atoms with E-state index in [0.29, 0.717) is 16.8 Å². The summed E-state index contributed by atoms with van der Waals surface area (Å²) in [5.74, 6) is -1.02. The minimum atomic E-state index is -0.700. The summed E-state index contributed by atoms with van der Waals surface area (Å²) in [6.45, 7) is 0.246. The molecule has 2 N–H and O–H groups in total. The van der Waals surface area contributed by atoms with Gasteiger partial charge in [-0.15, -0.1) is 11.6 Å². The van der Waals surface area contributed by atoms with E-state index in [4.69, 9.17) is 11.6 Å². The first-order chi connectivity index (χ1) is 10.6. The number of fused-ring (bicyclic) bond motifs is 2. The van der Waals surface area contributed by atoms with Gasteiger partial charge in [-0.3, -0.25) is 9.59 Å². The number of alkyl halides is 1. The van der Waals surface area contributed by atoms with Crippen molar-refractivity contribution in [1.82, 2.24) is 5.32 Å². The number of aliphatic hydroxyl groups excluding tert-OH is 1. The van der Waals surface area contributed by atoms with Crippen molar-refractivity contribution in [2.45, 2.75) is 6.10 Å². The molecule has 3 atom stereocenters. The summed E-state index contributed by atoms with van der Waals surface area (Å²) >= 11 is 5.58. The van der Waals surface area contributed by atoms with Crippen molar-refractivity contribution >= 4 is 23.2 Å². The summed E-state index contributed by atoms with van der Waals surface area (Å²) < 4.78 is 0. The van der Waals surface area contributed by atoms with E-state index >= 15 is 0 Å². The van der Waals surface area contributed by atoms with Gasteiger partial charge in [0, 0.05) is 23.4 Å².